The van der Waals surface area contributed by atoms with Crippen LogP contribution >= 0.6 is 8.53 Å². The number of carbonyl (C=O) groups is 5. The third-order valence-electron chi connectivity index (χ3n) is 13.8. The lowest BCUT2D eigenvalue weighted by Gasteiger charge is -2.44. The number of rotatable bonds is 33. The lowest BCUT2D eigenvalue weighted by Crippen LogP contribution is -2.66. The molecule has 2 heterocycles. The van der Waals surface area contributed by atoms with Crippen molar-refractivity contribution in [3.8, 4) is 11.5 Å². The summed E-state index contributed by atoms with van der Waals surface area (Å²) in [4.78, 5) is 68.0. The average Bonchev–Trinajstić information content (AvgIpc) is 3.99. The van der Waals surface area contributed by atoms with Gasteiger partial charge in [0, 0.05) is 59.4 Å². The fourth-order valence-corrected chi connectivity index (χ4v) is 12.0. The predicted molar refractivity (Wildman–Crippen MR) is 301 cm³/mol. The molecule has 2 amide bonds. The Balaban J connectivity index is 1.21. The molecular weight excluding hydrogens is 1050 g/mol. The first kappa shape index (κ1) is 65.1. The first-order valence-corrected chi connectivity index (χ1v) is 29.1. The number of carbonyl (C=O) groups excluding carboxylic acids is 5. The lowest BCUT2D eigenvalue weighted by atomic mass is 9.79. The van der Waals surface area contributed by atoms with Crippen molar-refractivity contribution in [3.63, 3.8) is 0 Å². The summed E-state index contributed by atoms with van der Waals surface area (Å²) < 4.78 is 63.0. The molecule has 3 aromatic rings. The number of likely N-dealkylation sites (tertiary alicyclic amines) is 1. The van der Waals surface area contributed by atoms with Gasteiger partial charge in [0.1, 0.15) is 54.7 Å². The number of methoxy groups -OCH3 is 2. The van der Waals surface area contributed by atoms with Crippen LogP contribution in [0.5, 0.6) is 11.5 Å². The van der Waals surface area contributed by atoms with Crippen molar-refractivity contribution in [1.29, 1.82) is 0 Å². The zero-order valence-electron chi connectivity index (χ0n) is 48.4. The van der Waals surface area contributed by atoms with E-state index in [1.807, 2.05) is 71.6 Å². The van der Waals surface area contributed by atoms with Crippen LogP contribution in [-0.4, -0.2) is 148 Å². The van der Waals surface area contributed by atoms with Crippen molar-refractivity contribution >= 4 is 38.2 Å². The van der Waals surface area contributed by atoms with E-state index in [4.69, 9.17) is 53.5 Å². The minimum atomic E-state index is -1.68. The third kappa shape index (κ3) is 19.2. The molecule has 19 nitrogen and oxygen atoms in total. The van der Waals surface area contributed by atoms with Gasteiger partial charge in [-0.15, -0.1) is 0 Å². The molecule has 2 aliphatic heterocycles. The molecule has 0 aromatic heterocycles. The molecule has 6 unspecified atom stereocenters. The summed E-state index contributed by atoms with van der Waals surface area (Å²) in [5.74, 6) is -0.937. The van der Waals surface area contributed by atoms with E-state index in [0.717, 1.165) is 68.1 Å². The Morgan fingerprint density at radius 2 is 1.23 bits per heavy atom. The van der Waals surface area contributed by atoms with E-state index in [9.17, 15) is 24.0 Å². The fraction of sp³-hybridized carbons (Fsp3) is 0.600. The summed E-state index contributed by atoms with van der Waals surface area (Å²) >= 11 is 0. The summed E-state index contributed by atoms with van der Waals surface area (Å²) in [6.45, 7) is 21.7. The summed E-state index contributed by atoms with van der Waals surface area (Å²) in [5, 5.41) is 2.73. The number of amides is 2. The van der Waals surface area contributed by atoms with Crippen LogP contribution in [0.2, 0.25) is 0 Å². The quantitative estimate of drug-likeness (QED) is 0.0151. The van der Waals surface area contributed by atoms with Gasteiger partial charge >= 0.3 is 17.9 Å². The molecule has 20 heteroatoms. The van der Waals surface area contributed by atoms with E-state index < -0.39 is 80.8 Å². The number of hydrogen-bond acceptors (Lipinski definition) is 16. The van der Waals surface area contributed by atoms with Gasteiger partial charge in [0.15, 0.2) is 18.5 Å². The van der Waals surface area contributed by atoms with Gasteiger partial charge in [0.25, 0.3) is 8.53 Å². The van der Waals surface area contributed by atoms with Crippen molar-refractivity contribution in [2.24, 2.45) is 0 Å². The van der Waals surface area contributed by atoms with E-state index in [1.165, 1.54) is 27.7 Å². The smallest absolute Gasteiger partial charge is 0.303 e. The van der Waals surface area contributed by atoms with Crippen molar-refractivity contribution in [2.75, 3.05) is 53.7 Å². The second-order valence-corrected chi connectivity index (χ2v) is 22.1. The van der Waals surface area contributed by atoms with E-state index >= 15 is 0 Å². The van der Waals surface area contributed by atoms with Crippen molar-refractivity contribution < 1.29 is 70.9 Å². The molecule has 2 aliphatic rings. The van der Waals surface area contributed by atoms with E-state index in [0.29, 0.717) is 30.9 Å². The van der Waals surface area contributed by atoms with Gasteiger partial charge in [-0.3, -0.25) is 24.0 Å². The number of ether oxygens (including phenoxy) is 8. The topological polar surface area (TPSA) is 201 Å². The molecule has 2 saturated heterocycles. The zero-order valence-corrected chi connectivity index (χ0v) is 49.3. The van der Waals surface area contributed by atoms with E-state index in [2.05, 4.69) is 54.7 Å². The Labute approximate surface area is 474 Å². The maximum absolute atomic E-state index is 14.3. The number of nitrogens with zero attached hydrogens (tertiary/aromatic N) is 3. The highest BCUT2D eigenvalue weighted by atomic mass is 31.2. The average molecular weight is 1130 g/mol. The van der Waals surface area contributed by atoms with Gasteiger partial charge in [0.2, 0.25) is 18.4 Å². The van der Waals surface area contributed by atoms with E-state index in [-0.39, 0.29) is 50.9 Å². The van der Waals surface area contributed by atoms with Gasteiger partial charge in [-0.25, -0.2) is 11.2 Å². The van der Waals surface area contributed by atoms with Gasteiger partial charge in [-0.2, -0.15) is 0 Å². The lowest BCUT2D eigenvalue weighted by molar-refractivity contribution is -0.277. The molecule has 80 heavy (non-hydrogen) atoms. The van der Waals surface area contributed by atoms with Crippen molar-refractivity contribution in [1.82, 2.24) is 14.9 Å². The van der Waals surface area contributed by atoms with Crippen LogP contribution in [0.4, 0.5) is 0 Å². The Morgan fingerprint density at radius 3 is 1.74 bits per heavy atom. The first-order chi connectivity index (χ1) is 38.4. The number of unbranched alkanes of at least 4 members (excludes halogenated alkanes) is 8. The van der Waals surface area contributed by atoms with Gasteiger partial charge in [-0.1, -0.05) is 99.5 Å². The highest BCUT2D eigenvalue weighted by Gasteiger charge is 2.52. The van der Waals surface area contributed by atoms with E-state index in [1.54, 1.807) is 14.2 Å². The predicted octanol–water partition coefficient (Wildman–Crippen LogP) is 9.46. The van der Waals surface area contributed by atoms with Crippen molar-refractivity contribution in [2.45, 2.75) is 180 Å². The van der Waals surface area contributed by atoms with Gasteiger partial charge in [0.05, 0.1) is 20.8 Å². The molecule has 0 spiro atoms. The molecule has 0 saturated carbocycles. The monoisotopic (exact) mass is 1130 g/mol. The van der Waals surface area contributed by atoms with Crippen LogP contribution in [0.25, 0.3) is 4.85 Å². The van der Waals surface area contributed by atoms with Crippen molar-refractivity contribution in [3.05, 3.63) is 107 Å². The second kappa shape index (κ2) is 33.3. The SMILES string of the molecule is [C-]#[N+]CCOP(O[C@H]1CN(C(=O)CCCCCCCCCCCOC2OC(COC(C)=O)C(OC(C)=O)C(OC(C)=O)C2NC(C)=O)C[C@@H]1OC(c1ccccc1)(c1ccc(OC)cc1)c1ccc(OC)cc1)N(C(C)C)C(C)C. The molecule has 0 bridgehead atoms. The number of esters is 3. The van der Waals surface area contributed by atoms with Crippen LogP contribution in [0.1, 0.15) is 136 Å². The molecule has 5 rings (SSSR count). The minimum Gasteiger partial charge on any atom is -0.497 e. The molecule has 8 atom stereocenters. The van der Waals surface area contributed by atoms with Crippen LogP contribution in [-0.2, 0) is 67.0 Å². The number of nitrogens with one attached hydrogen (secondary N) is 1. The maximum atomic E-state index is 14.3. The Hall–Kier alpha value is -5.71. The van der Waals surface area contributed by atoms with Gasteiger partial charge in [-0.05, 0) is 81.5 Å². The summed E-state index contributed by atoms with van der Waals surface area (Å²) in [6.07, 6.45) is 2.91. The molecule has 0 aliphatic carbocycles. The molecule has 1 N–H and O–H groups in total. The second-order valence-electron chi connectivity index (χ2n) is 20.6. The molecular formula is C60H85N4O15P. The molecule has 3 aromatic carbocycles. The third-order valence-corrected chi connectivity index (χ3v) is 16.0. The van der Waals surface area contributed by atoms with Crippen LogP contribution in [0, 0.1) is 6.57 Å². The van der Waals surface area contributed by atoms with Crippen LogP contribution in [0.3, 0.4) is 0 Å². The summed E-state index contributed by atoms with van der Waals surface area (Å²) in [6, 6.07) is 25.0. The van der Waals surface area contributed by atoms with Gasteiger partial charge < -0.3 is 62.0 Å². The fourth-order valence-electron chi connectivity index (χ4n) is 10.2. The Bertz CT molecular complexity index is 2370. The number of hydrogen-bond donors (Lipinski definition) is 1. The normalized spacial score (nSPS) is 20.5. The minimum absolute atomic E-state index is 0.0296. The highest BCUT2D eigenvalue weighted by Crippen LogP contribution is 2.50. The standard InChI is InChI=1S/C60H85N4O15P/c1-41(2)64(42(3)4)80(74-37-35-61-9)79-53-39-63(38-52(53)78-60(47-24-20-19-21-25-47,48-27-31-50(70-10)32-28-48)49-29-33-51(71-11)34-30-49)55(69)26-22-17-15-13-12-14-16-18-23-36-72-59-56(62-43(5)65)58(76-46(8)68)57(75-45(7)67)54(77-59)40-73-44(6)66/h19-21,24-25,27-34,41-42,52-54,56-59H,12-18,22-23,26,35-40H2,1-8,10-11H3,(H,62,65)/t52-,53-,54?,56?,57?,58?,59?,80?/m0/s1. The van der Waals surface area contributed by atoms with Crippen LogP contribution < -0.4 is 14.8 Å². The Morgan fingerprint density at radius 1 is 0.700 bits per heavy atom. The molecule has 0 radical (unpaired) electrons. The van der Waals surface area contributed by atoms with Crippen LogP contribution in [0.15, 0.2) is 78.9 Å². The largest absolute Gasteiger partial charge is 0.497 e. The first-order valence-electron chi connectivity index (χ1n) is 28.0. The molecule has 440 valence electrons. The highest BCUT2D eigenvalue weighted by molar-refractivity contribution is 7.44. The zero-order chi connectivity index (χ0) is 58.2. The maximum Gasteiger partial charge on any atom is 0.303 e. The molecule has 2 fully saturated rings. The summed E-state index contributed by atoms with van der Waals surface area (Å²) in [5.41, 5.74) is 1.44. The number of benzene rings is 3. The summed E-state index contributed by atoms with van der Waals surface area (Å²) in [7, 11) is 1.60. The Kier molecular flexibility index (Phi) is 27.1.